The fourth-order valence-corrected chi connectivity index (χ4v) is 3.77. The third kappa shape index (κ3) is 7.08. The minimum atomic E-state index is 0.597. The van der Waals surface area contributed by atoms with Crippen molar-refractivity contribution in [2.45, 2.75) is 46.6 Å². The summed E-state index contributed by atoms with van der Waals surface area (Å²) in [7, 11) is 0. The number of nitrogens with one attached hydrogen (secondary N) is 2. The van der Waals surface area contributed by atoms with E-state index in [0.717, 1.165) is 81.8 Å². The molecule has 2 aromatic rings. The molecular weight excluding hydrogens is 390 g/mol. The first kappa shape index (κ1) is 23.3. The van der Waals surface area contributed by atoms with E-state index in [-0.39, 0.29) is 0 Å². The SMILES string of the molecule is CCNC(=NCc1c(C)nn(-c2ccccc2)c1C)NCCCOCC1CCOCC1. The molecule has 0 bridgehead atoms. The molecule has 0 atom stereocenters. The van der Waals surface area contributed by atoms with E-state index < -0.39 is 0 Å². The first-order valence-electron chi connectivity index (χ1n) is 11.5. The molecule has 1 aromatic carbocycles. The number of benzene rings is 1. The summed E-state index contributed by atoms with van der Waals surface area (Å²) in [5.74, 6) is 1.49. The van der Waals surface area contributed by atoms with Gasteiger partial charge in [0, 0.05) is 50.8 Å². The normalized spacial score (nSPS) is 15.3. The summed E-state index contributed by atoms with van der Waals surface area (Å²) in [4.78, 5) is 4.79. The minimum Gasteiger partial charge on any atom is -0.381 e. The van der Waals surface area contributed by atoms with Crippen molar-refractivity contribution in [3.05, 3.63) is 47.3 Å². The minimum absolute atomic E-state index is 0.597. The second-order valence-corrected chi connectivity index (χ2v) is 8.00. The first-order chi connectivity index (χ1) is 15.2. The largest absolute Gasteiger partial charge is 0.381 e. The van der Waals surface area contributed by atoms with E-state index in [0.29, 0.717) is 12.5 Å². The number of aliphatic imine (C=N–C) groups is 1. The van der Waals surface area contributed by atoms with Crippen molar-refractivity contribution in [3.8, 4) is 5.69 Å². The molecule has 1 aliphatic rings. The maximum absolute atomic E-state index is 5.85. The van der Waals surface area contributed by atoms with Gasteiger partial charge in [-0.1, -0.05) is 18.2 Å². The molecule has 0 radical (unpaired) electrons. The van der Waals surface area contributed by atoms with Gasteiger partial charge in [0.05, 0.1) is 17.9 Å². The van der Waals surface area contributed by atoms with E-state index in [1.54, 1.807) is 0 Å². The molecule has 1 fully saturated rings. The van der Waals surface area contributed by atoms with E-state index in [2.05, 4.69) is 36.6 Å². The molecule has 170 valence electrons. The Labute approximate surface area is 186 Å². The van der Waals surface area contributed by atoms with Gasteiger partial charge in [-0.25, -0.2) is 9.67 Å². The van der Waals surface area contributed by atoms with Gasteiger partial charge in [-0.3, -0.25) is 0 Å². The van der Waals surface area contributed by atoms with Crippen molar-refractivity contribution in [3.63, 3.8) is 0 Å². The lowest BCUT2D eigenvalue weighted by molar-refractivity contribution is 0.0203. The van der Waals surface area contributed by atoms with Gasteiger partial charge in [0.1, 0.15) is 0 Å². The fourth-order valence-electron chi connectivity index (χ4n) is 3.77. The van der Waals surface area contributed by atoms with Crippen LogP contribution in [-0.4, -0.2) is 55.3 Å². The topological polar surface area (TPSA) is 72.7 Å². The summed E-state index contributed by atoms with van der Waals surface area (Å²) in [6, 6.07) is 10.2. The van der Waals surface area contributed by atoms with Crippen LogP contribution in [-0.2, 0) is 16.0 Å². The molecule has 7 heteroatoms. The van der Waals surface area contributed by atoms with Gasteiger partial charge in [-0.15, -0.1) is 0 Å². The quantitative estimate of drug-likeness (QED) is 0.346. The molecule has 2 N–H and O–H groups in total. The van der Waals surface area contributed by atoms with Crippen LogP contribution in [0.3, 0.4) is 0 Å². The second-order valence-electron chi connectivity index (χ2n) is 8.00. The van der Waals surface area contributed by atoms with Gasteiger partial charge < -0.3 is 20.1 Å². The van der Waals surface area contributed by atoms with Crippen LogP contribution in [0, 0.1) is 19.8 Å². The highest BCUT2D eigenvalue weighted by Gasteiger charge is 2.14. The Balaban J connectivity index is 1.47. The molecule has 0 spiro atoms. The molecule has 31 heavy (non-hydrogen) atoms. The highest BCUT2D eigenvalue weighted by molar-refractivity contribution is 5.79. The number of ether oxygens (including phenoxy) is 2. The average Bonchev–Trinajstić information content (AvgIpc) is 3.09. The van der Waals surface area contributed by atoms with E-state index >= 15 is 0 Å². The van der Waals surface area contributed by atoms with Crippen molar-refractivity contribution in [2.24, 2.45) is 10.9 Å². The van der Waals surface area contributed by atoms with E-state index in [1.165, 1.54) is 5.56 Å². The molecule has 1 aromatic heterocycles. The molecule has 1 aliphatic heterocycles. The van der Waals surface area contributed by atoms with Gasteiger partial charge in [0.15, 0.2) is 5.96 Å². The van der Waals surface area contributed by atoms with Crippen LogP contribution in [0.4, 0.5) is 0 Å². The van der Waals surface area contributed by atoms with Crippen LogP contribution >= 0.6 is 0 Å². The van der Waals surface area contributed by atoms with Gasteiger partial charge >= 0.3 is 0 Å². The summed E-state index contributed by atoms with van der Waals surface area (Å²) in [6.07, 6.45) is 3.20. The van der Waals surface area contributed by atoms with Crippen LogP contribution in [0.5, 0.6) is 0 Å². The Hall–Kier alpha value is -2.38. The molecule has 0 unspecified atom stereocenters. The van der Waals surface area contributed by atoms with E-state index in [4.69, 9.17) is 19.6 Å². The average molecular weight is 428 g/mol. The van der Waals surface area contributed by atoms with Crippen molar-refractivity contribution >= 4 is 5.96 Å². The van der Waals surface area contributed by atoms with Gasteiger partial charge in [-0.2, -0.15) is 5.10 Å². The smallest absolute Gasteiger partial charge is 0.191 e. The van der Waals surface area contributed by atoms with Crippen LogP contribution < -0.4 is 10.6 Å². The summed E-state index contributed by atoms with van der Waals surface area (Å²) in [5, 5.41) is 11.5. The van der Waals surface area contributed by atoms with Crippen LogP contribution in [0.1, 0.15) is 43.1 Å². The highest BCUT2D eigenvalue weighted by atomic mass is 16.5. The molecule has 1 saturated heterocycles. The predicted molar refractivity (Wildman–Crippen MR) is 125 cm³/mol. The lowest BCUT2D eigenvalue weighted by atomic mass is 10.0. The van der Waals surface area contributed by atoms with Crippen molar-refractivity contribution in [1.29, 1.82) is 0 Å². The highest BCUT2D eigenvalue weighted by Crippen LogP contribution is 2.18. The molecule has 2 heterocycles. The third-order valence-corrected chi connectivity index (χ3v) is 5.63. The fraction of sp³-hybridized carbons (Fsp3) is 0.583. The summed E-state index contributed by atoms with van der Waals surface area (Å²) in [6.45, 7) is 11.9. The van der Waals surface area contributed by atoms with E-state index in [9.17, 15) is 0 Å². The molecular formula is C24H37N5O2. The molecule has 7 nitrogen and oxygen atoms in total. The Morgan fingerprint density at radius 1 is 1.19 bits per heavy atom. The number of para-hydroxylation sites is 1. The number of guanidine groups is 1. The third-order valence-electron chi connectivity index (χ3n) is 5.63. The molecule has 0 amide bonds. The van der Waals surface area contributed by atoms with Crippen molar-refractivity contribution in [1.82, 2.24) is 20.4 Å². The number of hydrogen-bond acceptors (Lipinski definition) is 4. The number of aryl methyl sites for hydroxylation is 1. The zero-order chi connectivity index (χ0) is 21.9. The zero-order valence-electron chi connectivity index (χ0n) is 19.2. The molecule has 0 saturated carbocycles. The van der Waals surface area contributed by atoms with Gasteiger partial charge in [0.2, 0.25) is 0 Å². The predicted octanol–water partition coefficient (Wildman–Crippen LogP) is 3.38. The lowest BCUT2D eigenvalue weighted by Crippen LogP contribution is -2.38. The molecule has 0 aliphatic carbocycles. The van der Waals surface area contributed by atoms with Crippen molar-refractivity contribution in [2.75, 3.05) is 39.5 Å². The maximum Gasteiger partial charge on any atom is 0.191 e. The maximum atomic E-state index is 5.85. The van der Waals surface area contributed by atoms with Crippen molar-refractivity contribution < 1.29 is 9.47 Å². The Bertz CT molecular complexity index is 813. The van der Waals surface area contributed by atoms with Crippen LogP contribution in [0.2, 0.25) is 0 Å². The first-order valence-corrected chi connectivity index (χ1v) is 11.5. The zero-order valence-corrected chi connectivity index (χ0v) is 19.2. The van der Waals surface area contributed by atoms with Crippen LogP contribution in [0.15, 0.2) is 35.3 Å². The lowest BCUT2D eigenvalue weighted by Gasteiger charge is -2.21. The number of rotatable bonds is 10. The Morgan fingerprint density at radius 2 is 1.97 bits per heavy atom. The Morgan fingerprint density at radius 3 is 2.71 bits per heavy atom. The van der Waals surface area contributed by atoms with Gasteiger partial charge in [0.25, 0.3) is 0 Å². The number of nitrogens with zero attached hydrogens (tertiary/aromatic N) is 3. The Kier molecular flexibility index (Phi) is 9.37. The monoisotopic (exact) mass is 427 g/mol. The summed E-state index contributed by atoms with van der Waals surface area (Å²) in [5.41, 5.74) is 4.39. The summed E-state index contributed by atoms with van der Waals surface area (Å²) < 4.78 is 13.2. The number of aromatic nitrogens is 2. The second kappa shape index (κ2) is 12.5. The summed E-state index contributed by atoms with van der Waals surface area (Å²) >= 11 is 0. The van der Waals surface area contributed by atoms with Crippen LogP contribution in [0.25, 0.3) is 5.69 Å². The number of hydrogen-bond donors (Lipinski definition) is 2. The van der Waals surface area contributed by atoms with E-state index in [1.807, 2.05) is 29.8 Å². The standard InChI is InChI=1S/C24H37N5O2/c1-4-25-24(26-13-8-14-31-18-21-11-15-30-16-12-21)27-17-23-19(2)28-29(20(23)3)22-9-6-5-7-10-22/h5-7,9-10,21H,4,8,11-18H2,1-3H3,(H2,25,26,27). The molecule has 3 rings (SSSR count). The van der Waals surface area contributed by atoms with Gasteiger partial charge in [-0.05, 0) is 58.1 Å².